The molecule has 0 spiro atoms. The number of nitrogens with zero attached hydrogens (tertiary/aromatic N) is 1. The Labute approximate surface area is 103 Å². The largest absolute Gasteiger partial charge is 0.348 e. The van der Waals surface area contributed by atoms with Crippen LogP contribution < -0.4 is 10.6 Å². The molecule has 0 aliphatic carbocycles. The van der Waals surface area contributed by atoms with Crippen molar-refractivity contribution in [3.63, 3.8) is 0 Å². The molecular weight excluding hydrogens is 254 g/mol. The second kappa shape index (κ2) is 6.32. The molecule has 1 aromatic heterocycles. The molecule has 1 fully saturated rings. The lowest BCUT2D eigenvalue weighted by Crippen LogP contribution is -2.41. The number of halogens is 1. The third-order valence-electron chi connectivity index (χ3n) is 1.93. The van der Waals surface area contributed by atoms with Crippen LogP contribution in [0.3, 0.4) is 0 Å². The molecule has 84 valence electrons. The van der Waals surface area contributed by atoms with E-state index in [4.69, 9.17) is 0 Å². The number of hydrogen-bond donors (Lipinski definition) is 2. The van der Waals surface area contributed by atoms with Gasteiger partial charge >= 0.3 is 0 Å². The van der Waals surface area contributed by atoms with Gasteiger partial charge in [-0.2, -0.15) is 0 Å². The van der Waals surface area contributed by atoms with Crippen molar-refractivity contribution in [2.45, 2.75) is 12.6 Å². The maximum Gasteiger partial charge on any atom is 0.238 e. The lowest BCUT2D eigenvalue weighted by Gasteiger charge is -2.08. The molecule has 1 saturated heterocycles. The van der Waals surface area contributed by atoms with Crippen molar-refractivity contribution in [1.29, 1.82) is 0 Å². The van der Waals surface area contributed by atoms with Gasteiger partial charge in [0.1, 0.15) is 5.01 Å². The van der Waals surface area contributed by atoms with Gasteiger partial charge in [0, 0.05) is 23.2 Å². The second-order valence-electron chi connectivity index (χ2n) is 2.92. The molecule has 1 aliphatic heterocycles. The third kappa shape index (κ3) is 3.64. The van der Waals surface area contributed by atoms with Gasteiger partial charge in [-0.25, -0.2) is 4.98 Å². The standard InChI is InChI=1S/C8H11N3OS2.ClH/c12-8(6-4-13-5-11-6)10-3-7-9-1-2-14-7;/h1-2,6,11H,3-5H2,(H,10,12);1H. The van der Waals surface area contributed by atoms with Gasteiger partial charge in [-0.05, 0) is 0 Å². The number of carbonyl (C=O) groups excluding carboxylic acids is 1. The quantitative estimate of drug-likeness (QED) is 0.851. The van der Waals surface area contributed by atoms with E-state index in [1.165, 1.54) is 0 Å². The van der Waals surface area contributed by atoms with Crippen LogP contribution in [-0.4, -0.2) is 28.6 Å². The van der Waals surface area contributed by atoms with Crippen molar-refractivity contribution < 1.29 is 4.79 Å². The molecule has 7 heteroatoms. The van der Waals surface area contributed by atoms with E-state index in [1.807, 2.05) is 5.38 Å². The van der Waals surface area contributed by atoms with Gasteiger partial charge in [-0.1, -0.05) is 0 Å². The number of carbonyl (C=O) groups is 1. The van der Waals surface area contributed by atoms with Crippen LogP contribution in [0.4, 0.5) is 0 Å². The molecule has 1 aromatic rings. The van der Waals surface area contributed by atoms with Crippen LogP contribution >= 0.6 is 35.5 Å². The number of amides is 1. The van der Waals surface area contributed by atoms with Gasteiger partial charge in [-0.3, -0.25) is 10.1 Å². The average molecular weight is 266 g/mol. The monoisotopic (exact) mass is 265 g/mol. The Morgan fingerprint density at radius 3 is 3.20 bits per heavy atom. The molecule has 1 amide bonds. The number of thiazole rings is 1. The molecule has 2 rings (SSSR count). The van der Waals surface area contributed by atoms with Gasteiger partial charge < -0.3 is 5.32 Å². The normalized spacial score (nSPS) is 19.6. The molecule has 4 nitrogen and oxygen atoms in total. The van der Waals surface area contributed by atoms with E-state index >= 15 is 0 Å². The van der Waals surface area contributed by atoms with Crippen LogP contribution in [0.25, 0.3) is 0 Å². The van der Waals surface area contributed by atoms with Gasteiger partial charge in [0.15, 0.2) is 0 Å². The van der Waals surface area contributed by atoms with Gasteiger partial charge in [0.25, 0.3) is 0 Å². The topological polar surface area (TPSA) is 54.0 Å². The lowest BCUT2D eigenvalue weighted by atomic mass is 10.3. The van der Waals surface area contributed by atoms with E-state index in [0.717, 1.165) is 16.6 Å². The van der Waals surface area contributed by atoms with Crippen LogP contribution in [-0.2, 0) is 11.3 Å². The SMILES string of the molecule is Cl.O=C(NCc1nccs1)C1CSCN1. The summed E-state index contributed by atoms with van der Waals surface area (Å²) in [4.78, 5) is 15.6. The fraction of sp³-hybridized carbons (Fsp3) is 0.500. The highest BCUT2D eigenvalue weighted by molar-refractivity contribution is 7.99. The van der Waals surface area contributed by atoms with Crippen molar-refractivity contribution in [3.05, 3.63) is 16.6 Å². The Balaban J connectivity index is 0.00000112. The van der Waals surface area contributed by atoms with Crippen molar-refractivity contribution in [2.75, 3.05) is 11.6 Å². The fourth-order valence-electron chi connectivity index (χ4n) is 1.19. The van der Waals surface area contributed by atoms with E-state index in [0.29, 0.717) is 6.54 Å². The zero-order valence-corrected chi connectivity index (χ0v) is 10.4. The Bertz CT molecular complexity index is 301. The third-order valence-corrected chi connectivity index (χ3v) is 3.65. The van der Waals surface area contributed by atoms with Gasteiger partial charge in [-0.15, -0.1) is 35.5 Å². The molecule has 15 heavy (non-hydrogen) atoms. The molecule has 0 bridgehead atoms. The molecule has 2 N–H and O–H groups in total. The van der Waals surface area contributed by atoms with Crippen LogP contribution in [0.5, 0.6) is 0 Å². The summed E-state index contributed by atoms with van der Waals surface area (Å²) in [6.45, 7) is 0.541. The first-order valence-electron chi connectivity index (χ1n) is 4.33. The van der Waals surface area contributed by atoms with E-state index in [1.54, 1.807) is 29.3 Å². The Kier molecular flexibility index (Phi) is 5.38. The highest BCUT2D eigenvalue weighted by Crippen LogP contribution is 2.09. The van der Waals surface area contributed by atoms with E-state index in [9.17, 15) is 4.79 Å². The molecule has 0 radical (unpaired) electrons. The number of rotatable bonds is 3. The predicted molar refractivity (Wildman–Crippen MR) is 65.5 cm³/mol. The number of hydrogen-bond acceptors (Lipinski definition) is 5. The average Bonchev–Trinajstić information content (AvgIpc) is 2.87. The highest BCUT2D eigenvalue weighted by Gasteiger charge is 2.21. The summed E-state index contributed by atoms with van der Waals surface area (Å²) in [5, 5.41) is 8.84. The lowest BCUT2D eigenvalue weighted by molar-refractivity contribution is -0.122. The summed E-state index contributed by atoms with van der Waals surface area (Å²) in [5.41, 5.74) is 0. The van der Waals surface area contributed by atoms with Crippen molar-refractivity contribution in [3.8, 4) is 0 Å². The first kappa shape index (κ1) is 12.8. The molecule has 1 unspecified atom stereocenters. The zero-order valence-electron chi connectivity index (χ0n) is 7.93. The number of thioether (sulfide) groups is 1. The first-order chi connectivity index (χ1) is 6.86. The van der Waals surface area contributed by atoms with E-state index < -0.39 is 0 Å². The summed E-state index contributed by atoms with van der Waals surface area (Å²) >= 11 is 3.30. The first-order valence-corrected chi connectivity index (χ1v) is 6.37. The fourth-order valence-corrected chi connectivity index (χ4v) is 2.69. The van der Waals surface area contributed by atoms with E-state index in [2.05, 4.69) is 15.6 Å². The number of aromatic nitrogens is 1. The molecule has 0 saturated carbocycles. The van der Waals surface area contributed by atoms with Crippen LogP contribution in [0, 0.1) is 0 Å². The molecule has 1 atom stereocenters. The van der Waals surface area contributed by atoms with E-state index in [-0.39, 0.29) is 24.4 Å². The molecule has 0 aromatic carbocycles. The Morgan fingerprint density at radius 1 is 1.73 bits per heavy atom. The summed E-state index contributed by atoms with van der Waals surface area (Å²) in [7, 11) is 0. The minimum absolute atomic E-state index is 0. The summed E-state index contributed by atoms with van der Waals surface area (Å²) in [5.74, 6) is 1.81. The summed E-state index contributed by atoms with van der Waals surface area (Å²) < 4.78 is 0. The van der Waals surface area contributed by atoms with Gasteiger partial charge in [0.05, 0.1) is 12.6 Å². The highest BCUT2D eigenvalue weighted by atomic mass is 35.5. The maximum absolute atomic E-state index is 11.5. The maximum atomic E-state index is 11.5. The van der Waals surface area contributed by atoms with Crippen molar-refractivity contribution in [1.82, 2.24) is 15.6 Å². The second-order valence-corrected chi connectivity index (χ2v) is 4.92. The van der Waals surface area contributed by atoms with Gasteiger partial charge in [0.2, 0.25) is 5.91 Å². The van der Waals surface area contributed by atoms with Crippen LogP contribution in [0.2, 0.25) is 0 Å². The van der Waals surface area contributed by atoms with Crippen LogP contribution in [0.15, 0.2) is 11.6 Å². The van der Waals surface area contributed by atoms with Crippen LogP contribution in [0.1, 0.15) is 5.01 Å². The Hall–Kier alpha value is -0.300. The summed E-state index contributed by atoms with van der Waals surface area (Å²) in [6, 6.07) is -0.0278. The number of nitrogens with one attached hydrogen (secondary N) is 2. The predicted octanol–water partition coefficient (Wildman–Crippen LogP) is 0.844. The minimum atomic E-state index is -0.0278. The molecule has 2 heterocycles. The van der Waals surface area contributed by atoms with Crippen molar-refractivity contribution >= 4 is 41.4 Å². The smallest absolute Gasteiger partial charge is 0.238 e. The van der Waals surface area contributed by atoms with Crippen molar-refractivity contribution in [2.24, 2.45) is 0 Å². The summed E-state index contributed by atoms with van der Waals surface area (Å²) in [6.07, 6.45) is 1.75. The molecular formula is C8H12ClN3OS2. The zero-order chi connectivity index (χ0) is 9.80. The minimum Gasteiger partial charge on any atom is -0.348 e. The Morgan fingerprint density at radius 2 is 2.60 bits per heavy atom. The molecule has 1 aliphatic rings.